The standard InChI is InChI=1S/C25H28O6/c1-14(2)8-10-30-19-7-5-6-17-21(19)24(27)22-18(23(17)26)12-16(25(28)29)13-20(22)31-11-9-15(3)4/h5-7,12-15H,8-11H2,1-4H3,(H,28,29). The molecule has 0 saturated heterocycles. The average molecular weight is 424 g/mol. The molecule has 0 spiro atoms. The maximum Gasteiger partial charge on any atom is 0.335 e. The summed E-state index contributed by atoms with van der Waals surface area (Å²) in [6.45, 7) is 8.98. The zero-order chi connectivity index (χ0) is 22.7. The summed E-state index contributed by atoms with van der Waals surface area (Å²) in [4.78, 5) is 38.4. The Labute approximate surface area is 182 Å². The fourth-order valence-electron chi connectivity index (χ4n) is 3.42. The third-order valence-corrected chi connectivity index (χ3v) is 5.22. The normalized spacial score (nSPS) is 12.7. The molecule has 0 bridgehead atoms. The van der Waals surface area contributed by atoms with Gasteiger partial charge in [-0.05, 0) is 42.9 Å². The van der Waals surface area contributed by atoms with Crippen LogP contribution in [-0.4, -0.2) is 35.9 Å². The molecular formula is C25H28O6. The Morgan fingerprint density at radius 1 is 0.839 bits per heavy atom. The molecule has 0 aliphatic heterocycles. The lowest BCUT2D eigenvalue weighted by molar-refractivity contribution is 0.0695. The van der Waals surface area contributed by atoms with E-state index in [9.17, 15) is 19.5 Å². The minimum atomic E-state index is -1.19. The molecule has 164 valence electrons. The van der Waals surface area contributed by atoms with E-state index < -0.39 is 11.8 Å². The van der Waals surface area contributed by atoms with Gasteiger partial charge in [0.05, 0.1) is 29.9 Å². The van der Waals surface area contributed by atoms with E-state index >= 15 is 0 Å². The number of hydrogen-bond acceptors (Lipinski definition) is 5. The SMILES string of the molecule is CC(C)CCOc1cccc2c1C(=O)c1c(OCCC(C)C)cc(C(=O)O)cc1C2=O. The van der Waals surface area contributed by atoms with Gasteiger partial charge in [0.25, 0.3) is 0 Å². The Bertz CT molecular complexity index is 1020. The zero-order valence-electron chi connectivity index (χ0n) is 18.4. The van der Waals surface area contributed by atoms with Crippen LogP contribution in [0.15, 0.2) is 30.3 Å². The topological polar surface area (TPSA) is 89.9 Å². The van der Waals surface area contributed by atoms with E-state index in [1.165, 1.54) is 12.1 Å². The van der Waals surface area contributed by atoms with Crippen molar-refractivity contribution in [3.05, 3.63) is 58.1 Å². The van der Waals surface area contributed by atoms with Gasteiger partial charge in [-0.3, -0.25) is 9.59 Å². The summed E-state index contributed by atoms with van der Waals surface area (Å²) in [6.07, 6.45) is 1.54. The molecule has 3 rings (SSSR count). The Balaban J connectivity index is 2.07. The number of benzene rings is 2. The van der Waals surface area contributed by atoms with Gasteiger partial charge in [0.2, 0.25) is 5.78 Å². The van der Waals surface area contributed by atoms with Crippen molar-refractivity contribution in [2.75, 3.05) is 13.2 Å². The number of carboxylic acids is 1. The van der Waals surface area contributed by atoms with E-state index in [1.807, 2.05) is 13.8 Å². The number of carboxylic acid groups (broad SMARTS) is 1. The summed E-state index contributed by atoms with van der Waals surface area (Å²) in [5.74, 6) is -0.690. The Kier molecular flexibility index (Phi) is 6.78. The molecule has 0 heterocycles. The number of ketones is 2. The minimum absolute atomic E-state index is 0.0521. The second-order valence-electron chi connectivity index (χ2n) is 8.60. The molecule has 0 amide bonds. The molecule has 0 saturated carbocycles. The summed E-state index contributed by atoms with van der Waals surface area (Å²) in [5.41, 5.74) is 0.491. The van der Waals surface area contributed by atoms with Crippen LogP contribution < -0.4 is 9.47 Å². The van der Waals surface area contributed by atoms with Gasteiger partial charge in [0.15, 0.2) is 5.78 Å². The third kappa shape index (κ3) is 4.79. The smallest absolute Gasteiger partial charge is 0.335 e. The predicted octanol–water partition coefficient (Wildman–Crippen LogP) is 5.01. The summed E-state index contributed by atoms with van der Waals surface area (Å²) >= 11 is 0. The first-order valence-corrected chi connectivity index (χ1v) is 10.6. The number of rotatable bonds is 9. The number of ether oxygens (including phenoxy) is 2. The lowest BCUT2D eigenvalue weighted by atomic mass is 9.82. The molecule has 2 aromatic carbocycles. The second-order valence-corrected chi connectivity index (χ2v) is 8.60. The van der Waals surface area contributed by atoms with E-state index in [1.54, 1.807) is 18.2 Å². The third-order valence-electron chi connectivity index (χ3n) is 5.22. The van der Waals surface area contributed by atoms with E-state index in [4.69, 9.17) is 9.47 Å². The highest BCUT2D eigenvalue weighted by Crippen LogP contribution is 2.38. The van der Waals surface area contributed by atoms with Crippen molar-refractivity contribution in [1.29, 1.82) is 0 Å². The van der Waals surface area contributed by atoms with Gasteiger partial charge in [-0.1, -0.05) is 39.8 Å². The molecule has 0 radical (unpaired) electrons. The Morgan fingerprint density at radius 2 is 1.42 bits per heavy atom. The molecule has 6 heteroatoms. The van der Waals surface area contributed by atoms with Gasteiger partial charge in [0.1, 0.15) is 11.5 Å². The highest BCUT2D eigenvalue weighted by Gasteiger charge is 2.36. The number of aromatic carboxylic acids is 1. The van der Waals surface area contributed by atoms with Crippen molar-refractivity contribution < 1.29 is 29.0 Å². The molecule has 0 atom stereocenters. The summed E-state index contributed by atoms with van der Waals surface area (Å²) in [7, 11) is 0. The minimum Gasteiger partial charge on any atom is -0.493 e. The monoisotopic (exact) mass is 424 g/mol. The van der Waals surface area contributed by atoms with Crippen molar-refractivity contribution in [2.24, 2.45) is 11.8 Å². The van der Waals surface area contributed by atoms with Crippen molar-refractivity contribution in [3.63, 3.8) is 0 Å². The fourth-order valence-corrected chi connectivity index (χ4v) is 3.42. The molecule has 1 N–H and O–H groups in total. The molecule has 0 fully saturated rings. The van der Waals surface area contributed by atoms with Gasteiger partial charge in [0, 0.05) is 11.1 Å². The quantitative estimate of drug-likeness (QED) is 0.519. The van der Waals surface area contributed by atoms with Gasteiger partial charge in [-0.25, -0.2) is 4.79 Å². The maximum absolute atomic E-state index is 13.5. The van der Waals surface area contributed by atoms with Crippen LogP contribution in [0.1, 0.15) is 82.7 Å². The van der Waals surface area contributed by atoms with Crippen LogP contribution in [0.3, 0.4) is 0 Å². The van der Waals surface area contributed by atoms with Gasteiger partial charge in [-0.2, -0.15) is 0 Å². The number of carbonyl (C=O) groups is 3. The van der Waals surface area contributed by atoms with E-state index in [0.29, 0.717) is 30.8 Å². The van der Waals surface area contributed by atoms with E-state index in [2.05, 4.69) is 13.8 Å². The Morgan fingerprint density at radius 3 is 2.00 bits per heavy atom. The molecule has 1 aliphatic carbocycles. The van der Waals surface area contributed by atoms with Crippen LogP contribution >= 0.6 is 0 Å². The molecule has 31 heavy (non-hydrogen) atoms. The maximum atomic E-state index is 13.5. The first-order chi connectivity index (χ1) is 14.7. The first kappa shape index (κ1) is 22.5. The van der Waals surface area contributed by atoms with Crippen LogP contribution in [0, 0.1) is 11.8 Å². The highest BCUT2D eigenvalue weighted by molar-refractivity contribution is 6.30. The van der Waals surface area contributed by atoms with Crippen LogP contribution in [0.2, 0.25) is 0 Å². The predicted molar refractivity (Wildman–Crippen MR) is 117 cm³/mol. The van der Waals surface area contributed by atoms with Gasteiger partial charge < -0.3 is 14.6 Å². The molecule has 1 aliphatic rings. The molecule has 2 aromatic rings. The average Bonchev–Trinajstić information content (AvgIpc) is 2.70. The van der Waals surface area contributed by atoms with Crippen molar-refractivity contribution in [1.82, 2.24) is 0 Å². The number of hydrogen-bond donors (Lipinski definition) is 1. The highest BCUT2D eigenvalue weighted by atomic mass is 16.5. The molecule has 6 nitrogen and oxygen atoms in total. The summed E-state index contributed by atoms with van der Waals surface area (Å²) in [5, 5.41) is 9.49. The first-order valence-electron chi connectivity index (χ1n) is 10.6. The van der Waals surface area contributed by atoms with E-state index in [-0.39, 0.29) is 39.4 Å². The van der Waals surface area contributed by atoms with Crippen LogP contribution in [0.25, 0.3) is 0 Å². The lowest BCUT2D eigenvalue weighted by Gasteiger charge is -2.23. The number of carbonyl (C=O) groups excluding carboxylic acids is 2. The van der Waals surface area contributed by atoms with Crippen LogP contribution in [0.4, 0.5) is 0 Å². The Hall–Kier alpha value is -3.15. The van der Waals surface area contributed by atoms with Crippen molar-refractivity contribution >= 4 is 17.5 Å². The molecule has 0 aromatic heterocycles. The van der Waals surface area contributed by atoms with E-state index in [0.717, 1.165) is 12.8 Å². The van der Waals surface area contributed by atoms with Crippen LogP contribution in [-0.2, 0) is 0 Å². The fraction of sp³-hybridized carbons (Fsp3) is 0.400. The van der Waals surface area contributed by atoms with Crippen molar-refractivity contribution in [2.45, 2.75) is 40.5 Å². The summed E-state index contributed by atoms with van der Waals surface area (Å²) in [6, 6.07) is 7.49. The largest absolute Gasteiger partial charge is 0.493 e. The van der Waals surface area contributed by atoms with Crippen LogP contribution in [0.5, 0.6) is 11.5 Å². The molecule has 0 unspecified atom stereocenters. The summed E-state index contributed by atoms with van der Waals surface area (Å²) < 4.78 is 11.7. The lowest BCUT2D eigenvalue weighted by Crippen LogP contribution is -2.24. The molecular weight excluding hydrogens is 396 g/mol. The second kappa shape index (κ2) is 9.33. The number of fused-ring (bicyclic) bond motifs is 2. The van der Waals surface area contributed by atoms with Gasteiger partial charge >= 0.3 is 5.97 Å². The van der Waals surface area contributed by atoms with Crippen molar-refractivity contribution in [3.8, 4) is 11.5 Å². The van der Waals surface area contributed by atoms with Gasteiger partial charge in [-0.15, -0.1) is 0 Å². The zero-order valence-corrected chi connectivity index (χ0v) is 18.4.